The fourth-order valence-electron chi connectivity index (χ4n) is 2.61. The molecule has 0 aliphatic carbocycles. The van der Waals surface area contributed by atoms with Crippen LogP contribution in [0.3, 0.4) is 0 Å². The molecule has 0 radical (unpaired) electrons. The van der Waals surface area contributed by atoms with Gasteiger partial charge >= 0.3 is 5.97 Å². The molecule has 0 N–H and O–H groups in total. The molecular weight excluding hydrogens is 284 g/mol. The van der Waals surface area contributed by atoms with Crippen molar-refractivity contribution in [3.8, 4) is 11.5 Å². The Bertz CT molecular complexity index is 633. The molecular formula is C16H18N2O4. The number of hydrogen-bond acceptors (Lipinski definition) is 6. The molecule has 1 aromatic carbocycles. The first-order valence-corrected chi connectivity index (χ1v) is 7.40. The van der Waals surface area contributed by atoms with Gasteiger partial charge < -0.3 is 13.9 Å². The predicted octanol–water partition coefficient (Wildman–Crippen LogP) is 2.35. The van der Waals surface area contributed by atoms with Gasteiger partial charge in [-0.1, -0.05) is 18.2 Å². The normalized spacial score (nSPS) is 17.1. The van der Waals surface area contributed by atoms with Crippen molar-refractivity contribution in [2.45, 2.75) is 25.2 Å². The van der Waals surface area contributed by atoms with Crippen LogP contribution >= 0.6 is 0 Å². The van der Waals surface area contributed by atoms with Crippen molar-refractivity contribution >= 4 is 5.97 Å². The Kier molecular flexibility index (Phi) is 4.20. The first kappa shape index (κ1) is 14.7. The van der Waals surface area contributed by atoms with Gasteiger partial charge in [0, 0.05) is 18.8 Å². The standard InChI is InChI=1S/C16H18N2O4/c1-2-21-15(19)16(8-10-20-11-9-16)14-18-17-13(22-14)12-6-4-3-5-7-12/h3-7H,2,8-11H2,1H3. The van der Waals surface area contributed by atoms with E-state index in [2.05, 4.69) is 10.2 Å². The van der Waals surface area contributed by atoms with Gasteiger partial charge in [0.1, 0.15) is 5.41 Å². The second-order valence-electron chi connectivity index (χ2n) is 5.19. The van der Waals surface area contributed by atoms with E-state index in [9.17, 15) is 4.79 Å². The quantitative estimate of drug-likeness (QED) is 0.807. The molecule has 0 spiro atoms. The van der Waals surface area contributed by atoms with Crippen LogP contribution < -0.4 is 0 Å². The van der Waals surface area contributed by atoms with Crippen molar-refractivity contribution in [1.82, 2.24) is 10.2 Å². The lowest BCUT2D eigenvalue weighted by molar-refractivity contribution is -0.155. The third kappa shape index (κ3) is 2.62. The van der Waals surface area contributed by atoms with E-state index in [1.807, 2.05) is 30.3 Å². The summed E-state index contributed by atoms with van der Waals surface area (Å²) in [4.78, 5) is 12.5. The molecule has 0 atom stereocenters. The fourth-order valence-corrected chi connectivity index (χ4v) is 2.61. The minimum Gasteiger partial charge on any atom is -0.465 e. The summed E-state index contributed by atoms with van der Waals surface area (Å²) in [6, 6.07) is 9.49. The minimum atomic E-state index is -0.895. The van der Waals surface area contributed by atoms with Crippen LogP contribution in [0.5, 0.6) is 0 Å². The lowest BCUT2D eigenvalue weighted by Gasteiger charge is -2.31. The number of benzene rings is 1. The van der Waals surface area contributed by atoms with E-state index in [-0.39, 0.29) is 5.97 Å². The van der Waals surface area contributed by atoms with Gasteiger partial charge in [0.15, 0.2) is 0 Å². The van der Waals surface area contributed by atoms with Gasteiger partial charge in [-0.2, -0.15) is 0 Å². The predicted molar refractivity (Wildman–Crippen MR) is 78.1 cm³/mol. The van der Waals surface area contributed by atoms with Crippen LogP contribution in [0.2, 0.25) is 0 Å². The maximum atomic E-state index is 12.5. The van der Waals surface area contributed by atoms with Gasteiger partial charge in [0.05, 0.1) is 6.61 Å². The zero-order valence-electron chi connectivity index (χ0n) is 12.4. The molecule has 2 heterocycles. The summed E-state index contributed by atoms with van der Waals surface area (Å²) in [6.07, 6.45) is 0.977. The molecule has 22 heavy (non-hydrogen) atoms. The average molecular weight is 302 g/mol. The highest BCUT2D eigenvalue weighted by atomic mass is 16.5. The van der Waals surface area contributed by atoms with Gasteiger partial charge in [-0.05, 0) is 31.9 Å². The third-order valence-corrected chi connectivity index (χ3v) is 3.87. The summed E-state index contributed by atoms with van der Waals surface area (Å²) < 4.78 is 16.4. The van der Waals surface area contributed by atoms with Gasteiger partial charge in [-0.25, -0.2) is 0 Å². The van der Waals surface area contributed by atoms with E-state index < -0.39 is 5.41 Å². The van der Waals surface area contributed by atoms with Gasteiger partial charge in [-0.3, -0.25) is 4.79 Å². The number of rotatable bonds is 4. The highest BCUT2D eigenvalue weighted by molar-refractivity contribution is 5.82. The van der Waals surface area contributed by atoms with Crippen molar-refractivity contribution in [1.29, 1.82) is 0 Å². The Morgan fingerprint density at radius 1 is 1.23 bits per heavy atom. The van der Waals surface area contributed by atoms with E-state index in [1.165, 1.54) is 0 Å². The highest BCUT2D eigenvalue weighted by Crippen LogP contribution is 2.36. The van der Waals surface area contributed by atoms with Crippen LogP contribution in [0, 0.1) is 0 Å². The van der Waals surface area contributed by atoms with Crippen molar-refractivity contribution in [2.75, 3.05) is 19.8 Å². The van der Waals surface area contributed by atoms with Crippen LogP contribution in [-0.4, -0.2) is 36.0 Å². The van der Waals surface area contributed by atoms with Crippen LogP contribution in [0.1, 0.15) is 25.7 Å². The summed E-state index contributed by atoms with van der Waals surface area (Å²) in [5, 5.41) is 8.20. The SMILES string of the molecule is CCOC(=O)C1(c2nnc(-c3ccccc3)o2)CCOCC1. The maximum Gasteiger partial charge on any atom is 0.321 e. The van der Waals surface area contributed by atoms with Crippen molar-refractivity contribution in [3.63, 3.8) is 0 Å². The van der Waals surface area contributed by atoms with E-state index in [4.69, 9.17) is 13.9 Å². The molecule has 1 fully saturated rings. The molecule has 1 saturated heterocycles. The number of hydrogen-bond donors (Lipinski definition) is 0. The average Bonchev–Trinajstić information content (AvgIpc) is 3.07. The first-order chi connectivity index (χ1) is 10.8. The molecule has 1 aliphatic heterocycles. The van der Waals surface area contributed by atoms with Crippen molar-refractivity contribution < 1.29 is 18.7 Å². The Balaban J connectivity index is 1.95. The summed E-state index contributed by atoms with van der Waals surface area (Å²) in [7, 11) is 0. The largest absolute Gasteiger partial charge is 0.465 e. The molecule has 1 aromatic heterocycles. The van der Waals surface area contributed by atoms with Gasteiger partial charge in [-0.15, -0.1) is 10.2 Å². The Labute approximate surface area is 128 Å². The maximum absolute atomic E-state index is 12.5. The number of aromatic nitrogens is 2. The van der Waals surface area contributed by atoms with Crippen LogP contribution in [0.25, 0.3) is 11.5 Å². The first-order valence-electron chi connectivity index (χ1n) is 7.40. The zero-order valence-corrected chi connectivity index (χ0v) is 12.4. The smallest absolute Gasteiger partial charge is 0.321 e. The minimum absolute atomic E-state index is 0.313. The Morgan fingerprint density at radius 3 is 2.64 bits per heavy atom. The molecule has 0 unspecified atom stereocenters. The third-order valence-electron chi connectivity index (χ3n) is 3.87. The molecule has 2 aromatic rings. The molecule has 0 saturated carbocycles. The van der Waals surface area contributed by atoms with E-state index in [0.717, 1.165) is 5.56 Å². The van der Waals surface area contributed by atoms with Crippen LogP contribution in [0.4, 0.5) is 0 Å². The molecule has 1 aliphatic rings. The molecule has 0 amide bonds. The Morgan fingerprint density at radius 2 is 1.95 bits per heavy atom. The van der Waals surface area contributed by atoms with Crippen molar-refractivity contribution in [2.24, 2.45) is 0 Å². The summed E-state index contributed by atoms with van der Waals surface area (Å²) in [5.74, 6) is 0.403. The second kappa shape index (κ2) is 6.27. The number of nitrogens with zero attached hydrogens (tertiary/aromatic N) is 2. The summed E-state index contributed by atoms with van der Waals surface area (Å²) >= 11 is 0. The number of esters is 1. The molecule has 6 heteroatoms. The Hall–Kier alpha value is -2.21. The van der Waals surface area contributed by atoms with Crippen LogP contribution in [-0.2, 0) is 19.7 Å². The highest BCUT2D eigenvalue weighted by Gasteiger charge is 2.48. The monoisotopic (exact) mass is 302 g/mol. The van der Waals surface area contributed by atoms with Crippen LogP contribution in [0.15, 0.2) is 34.7 Å². The second-order valence-corrected chi connectivity index (χ2v) is 5.19. The van der Waals surface area contributed by atoms with Crippen molar-refractivity contribution in [3.05, 3.63) is 36.2 Å². The lowest BCUT2D eigenvalue weighted by atomic mass is 9.80. The molecule has 116 valence electrons. The molecule has 0 bridgehead atoms. The number of carbonyl (C=O) groups is 1. The summed E-state index contributed by atoms with van der Waals surface area (Å²) in [5.41, 5.74) is -0.0683. The topological polar surface area (TPSA) is 74.5 Å². The van der Waals surface area contributed by atoms with Gasteiger partial charge in [0.2, 0.25) is 11.8 Å². The van der Waals surface area contributed by atoms with E-state index in [1.54, 1.807) is 6.92 Å². The number of carbonyl (C=O) groups excluding carboxylic acids is 1. The lowest BCUT2D eigenvalue weighted by Crippen LogP contribution is -2.43. The molecule has 6 nitrogen and oxygen atoms in total. The fraction of sp³-hybridized carbons (Fsp3) is 0.438. The number of ether oxygens (including phenoxy) is 2. The molecule has 3 rings (SSSR count). The van der Waals surface area contributed by atoms with E-state index in [0.29, 0.717) is 44.4 Å². The van der Waals surface area contributed by atoms with Gasteiger partial charge in [0.25, 0.3) is 0 Å². The summed E-state index contributed by atoms with van der Waals surface area (Å²) in [6.45, 7) is 3.05. The zero-order chi connectivity index (χ0) is 15.4. The van der Waals surface area contributed by atoms with E-state index >= 15 is 0 Å².